The summed E-state index contributed by atoms with van der Waals surface area (Å²) in [4.78, 5) is 24.2. The molecule has 0 spiro atoms. The second kappa shape index (κ2) is 7.58. The van der Waals surface area contributed by atoms with E-state index in [0.717, 1.165) is 10.1 Å². The number of carbonyl (C=O) groups is 2. The fraction of sp³-hybridized carbons (Fsp3) is 0.333. The molecule has 2 rings (SSSR count). The van der Waals surface area contributed by atoms with Crippen molar-refractivity contribution < 1.29 is 14.7 Å². The van der Waals surface area contributed by atoms with E-state index in [1.54, 1.807) is 0 Å². The Morgan fingerprint density at radius 1 is 1.32 bits per heavy atom. The summed E-state index contributed by atoms with van der Waals surface area (Å²) in [5.41, 5.74) is 0. The SMILES string of the molecule is CC(CO)CNC(=O)CNC(=O)c1sc2ccccc2c1Cl. The number of amides is 2. The minimum atomic E-state index is -0.364. The number of rotatable bonds is 6. The van der Waals surface area contributed by atoms with E-state index in [0.29, 0.717) is 16.4 Å². The summed E-state index contributed by atoms with van der Waals surface area (Å²) >= 11 is 7.51. The van der Waals surface area contributed by atoms with Crippen LogP contribution in [0.15, 0.2) is 24.3 Å². The number of hydrogen-bond donors (Lipinski definition) is 3. The van der Waals surface area contributed by atoms with Gasteiger partial charge in [-0.1, -0.05) is 36.7 Å². The van der Waals surface area contributed by atoms with Crippen LogP contribution < -0.4 is 10.6 Å². The average molecular weight is 341 g/mol. The van der Waals surface area contributed by atoms with Crippen molar-refractivity contribution in [1.29, 1.82) is 0 Å². The van der Waals surface area contributed by atoms with Crippen molar-refractivity contribution in [1.82, 2.24) is 10.6 Å². The van der Waals surface area contributed by atoms with Crippen LogP contribution in [0.4, 0.5) is 0 Å². The number of halogens is 1. The molecule has 3 N–H and O–H groups in total. The van der Waals surface area contributed by atoms with Gasteiger partial charge in [-0.25, -0.2) is 0 Å². The summed E-state index contributed by atoms with van der Waals surface area (Å²) in [5, 5.41) is 15.3. The van der Waals surface area contributed by atoms with Crippen LogP contribution in [0, 0.1) is 5.92 Å². The van der Waals surface area contributed by atoms with Gasteiger partial charge in [0.25, 0.3) is 5.91 Å². The Morgan fingerprint density at radius 3 is 2.73 bits per heavy atom. The van der Waals surface area contributed by atoms with Crippen LogP contribution in [0.25, 0.3) is 10.1 Å². The lowest BCUT2D eigenvalue weighted by atomic mass is 10.2. The first-order valence-electron chi connectivity index (χ1n) is 6.85. The summed E-state index contributed by atoms with van der Waals surface area (Å²) in [6.07, 6.45) is 0. The third kappa shape index (κ3) is 3.97. The Bertz CT molecular complexity index is 686. The molecule has 1 heterocycles. The lowest BCUT2D eigenvalue weighted by Crippen LogP contribution is -2.38. The molecule has 0 saturated carbocycles. The van der Waals surface area contributed by atoms with Crippen LogP contribution in [-0.2, 0) is 4.79 Å². The Labute approximate surface area is 137 Å². The highest BCUT2D eigenvalue weighted by Gasteiger charge is 2.17. The Hall–Kier alpha value is -1.63. The topological polar surface area (TPSA) is 78.4 Å². The van der Waals surface area contributed by atoms with Crippen LogP contribution in [0.5, 0.6) is 0 Å². The summed E-state index contributed by atoms with van der Waals surface area (Å²) in [6, 6.07) is 7.49. The van der Waals surface area contributed by atoms with Crippen molar-refractivity contribution in [2.24, 2.45) is 5.92 Å². The highest BCUT2D eigenvalue weighted by atomic mass is 35.5. The van der Waals surface area contributed by atoms with Crippen molar-refractivity contribution >= 4 is 44.8 Å². The number of benzene rings is 1. The zero-order valence-corrected chi connectivity index (χ0v) is 13.6. The lowest BCUT2D eigenvalue weighted by Gasteiger charge is -2.10. The zero-order valence-electron chi connectivity index (χ0n) is 12.1. The molecule has 2 aromatic rings. The fourth-order valence-corrected chi connectivity index (χ4v) is 3.25. The van der Waals surface area contributed by atoms with Gasteiger partial charge in [-0.2, -0.15) is 0 Å². The van der Waals surface area contributed by atoms with Crippen molar-refractivity contribution in [3.63, 3.8) is 0 Å². The zero-order chi connectivity index (χ0) is 16.1. The lowest BCUT2D eigenvalue weighted by molar-refractivity contribution is -0.120. The molecule has 1 aromatic heterocycles. The molecule has 0 bridgehead atoms. The number of aliphatic hydroxyl groups is 1. The number of hydrogen-bond acceptors (Lipinski definition) is 4. The normalized spacial score (nSPS) is 12.1. The second-order valence-electron chi connectivity index (χ2n) is 5.02. The maximum absolute atomic E-state index is 12.1. The van der Waals surface area contributed by atoms with E-state index in [1.165, 1.54) is 11.3 Å². The third-order valence-corrected chi connectivity index (χ3v) is 4.78. The number of thiophene rings is 1. The van der Waals surface area contributed by atoms with Crippen LogP contribution in [0.3, 0.4) is 0 Å². The molecule has 118 valence electrons. The Kier molecular flexibility index (Phi) is 5.76. The van der Waals surface area contributed by atoms with Gasteiger partial charge in [0, 0.05) is 23.2 Å². The highest BCUT2D eigenvalue weighted by Crippen LogP contribution is 2.34. The molecule has 0 aliphatic carbocycles. The first-order valence-corrected chi connectivity index (χ1v) is 8.05. The van der Waals surface area contributed by atoms with Gasteiger partial charge in [0.1, 0.15) is 4.88 Å². The van der Waals surface area contributed by atoms with Gasteiger partial charge in [0.15, 0.2) is 0 Å². The van der Waals surface area contributed by atoms with E-state index in [4.69, 9.17) is 16.7 Å². The van der Waals surface area contributed by atoms with E-state index < -0.39 is 0 Å². The molecule has 0 radical (unpaired) electrons. The van der Waals surface area contributed by atoms with Gasteiger partial charge in [0.05, 0.1) is 11.6 Å². The fourth-order valence-electron chi connectivity index (χ4n) is 1.82. The van der Waals surface area contributed by atoms with Gasteiger partial charge in [0.2, 0.25) is 5.91 Å². The number of nitrogens with one attached hydrogen (secondary N) is 2. The molecular formula is C15H17ClN2O3S. The monoisotopic (exact) mass is 340 g/mol. The van der Waals surface area contributed by atoms with Gasteiger partial charge < -0.3 is 15.7 Å². The maximum atomic E-state index is 12.1. The summed E-state index contributed by atoms with van der Waals surface area (Å²) in [7, 11) is 0. The van der Waals surface area contributed by atoms with Crippen molar-refractivity contribution in [3.8, 4) is 0 Å². The summed E-state index contributed by atoms with van der Waals surface area (Å²) < 4.78 is 0.930. The average Bonchev–Trinajstić information content (AvgIpc) is 2.87. The number of fused-ring (bicyclic) bond motifs is 1. The molecule has 0 saturated heterocycles. The Morgan fingerprint density at radius 2 is 2.05 bits per heavy atom. The van der Waals surface area contributed by atoms with Gasteiger partial charge in [-0.05, 0) is 12.0 Å². The van der Waals surface area contributed by atoms with Crippen molar-refractivity contribution in [2.45, 2.75) is 6.92 Å². The molecule has 1 atom stereocenters. The van der Waals surface area contributed by atoms with E-state index >= 15 is 0 Å². The van der Waals surface area contributed by atoms with Crippen LogP contribution >= 0.6 is 22.9 Å². The standard InChI is InChI=1S/C15H17ClN2O3S/c1-9(8-19)6-17-12(20)7-18-15(21)14-13(16)10-4-2-3-5-11(10)22-14/h2-5,9,19H,6-8H2,1H3,(H,17,20)(H,18,21). The summed E-state index contributed by atoms with van der Waals surface area (Å²) in [6.45, 7) is 2.07. The largest absolute Gasteiger partial charge is 0.396 e. The predicted octanol–water partition coefficient (Wildman–Crippen LogP) is 2.03. The molecule has 5 nitrogen and oxygen atoms in total. The molecule has 22 heavy (non-hydrogen) atoms. The van der Waals surface area contributed by atoms with E-state index in [1.807, 2.05) is 31.2 Å². The van der Waals surface area contributed by atoms with Crippen LogP contribution in [0.1, 0.15) is 16.6 Å². The number of carbonyl (C=O) groups excluding carboxylic acids is 2. The van der Waals surface area contributed by atoms with Crippen LogP contribution in [-0.4, -0.2) is 36.6 Å². The molecular weight excluding hydrogens is 324 g/mol. The predicted molar refractivity (Wildman–Crippen MR) is 88.4 cm³/mol. The minimum absolute atomic E-state index is 0.00400. The maximum Gasteiger partial charge on any atom is 0.263 e. The minimum Gasteiger partial charge on any atom is -0.396 e. The Balaban J connectivity index is 1.94. The highest BCUT2D eigenvalue weighted by molar-refractivity contribution is 7.21. The van der Waals surface area contributed by atoms with Gasteiger partial charge in [-0.3, -0.25) is 9.59 Å². The molecule has 0 aliphatic heterocycles. The molecule has 2 amide bonds. The second-order valence-corrected chi connectivity index (χ2v) is 6.45. The van der Waals surface area contributed by atoms with Gasteiger partial charge in [-0.15, -0.1) is 11.3 Å². The smallest absolute Gasteiger partial charge is 0.263 e. The van der Waals surface area contributed by atoms with Crippen molar-refractivity contribution in [2.75, 3.05) is 19.7 Å². The summed E-state index contributed by atoms with van der Waals surface area (Å²) in [5.74, 6) is -0.681. The number of aliphatic hydroxyl groups excluding tert-OH is 1. The molecule has 7 heteroatoms. The van der Waals surface area contributed by atoms with E-state index in [-0.39, 0.29) is 30.9 Å². The molecule has 0 fully saturated rings. The van der Waals surface area contributed by atoms with E-state index in [9.17, 15) is 9.59 Å². The van der Waals surface area contributed by atoms with Gasteiger partial charge >= 0.3 is 0 Å². The van der Waals surface area contributed by atoms with Crippen LogP contribution in [0.2, 0.25) is 5.02 Å². The molecule has 1 unspecified atom stereocenters. The molecule has 0 aliphatic rings. The first kappa shape index (κ1) is 16.7. The third-order valence-electron chi connectivity index (χ3n) is 3.11. The molecule has 1 aromatic carbocycles. The van der Waals surface area contributed by atoms with Crippen molar-refractivity contribution in [3.05, 3.63) is 34.2 Å². The quantitative estimate of drug-likeness (QED) is 0.753. The van der Waals surface area contributed by atoms with E-state index in [2.05, 4.69) is 10.6 Å². The first-order chi connectivity index (χ1) is 10.5.